The van der Waals surface area contributed by atoms with E-state index in [2.05, 4.69) is 20.3 Å². The summed E-state index contributed by atoms with van der Waals surface area (Å²) in [4.78, 5) is 26.0. The molecule has 0 bridgehead atoms. The summed E-state index contributed by atoms with van der Waals surface area (Å²) in [7, 11) is 0. The van der Waals surface area contributed by atoms with Gasteiger partial charge in [-0.05, 0) is 36.2 Å². The number of benzene rings is 2. The second-order valence-corrected chi connectivity index (χ2v) is 8.77. The van der Waals surface area contributed by atoms with E-state index in [1.54, 1.807) is 11.6 Å². The van der Waals surface area contributed by atoms with Crippen molar-refractivity contribution < 1.29 is 4.79 Å². The van der Waals surface area contributed by atoms with Crippen LogP contribution >= 0.6 is 22.9 Å². The minimum absolute atomic E-state index is 0.235. The lowest BCUT2D eigenvalue weighted by atomic mass is 10.00. The lowest BCUT2D eigenvalue weighted by molar-refractivity contribution is 0.102. The molecule has 3 N–H and O–H groups in total. The number of rotatable bonds is 4. The fourth-order valence-corrected chi connectivity index (χ4v) is 4.77. The molecule has 3 aromatic heterocycles. The lowest BCUT2D eigenvalue weighted by Crippen LogP contribution is -2.13. The molecule has 3 heterocycles. The number of thiophene rings is 1. The van der Waals surface area contributed by atoms with Crippen molar-refractivity contribution in [2.75, 3.05) is 11.1 Å². The van der Waals surface area contributed by atoms with Crippen LogP contribution in [0.25, 0.3) is 21.0 Å². The maximum absolute atomic E-state index is 13.2. The monoisotopic (exact) mass is 459 g/mol. The summed E-state index contributed by atoms with van der Waals surface area (Å²) in [5.74, 6) is 0.138. The summed E-state index contributed by atoms with van der Waals surface area (Å²) in [6.45, 7) is 1.97. The Hall–Kier alpha value is -3.55. The molecular formula is C24H18ClN5OS. The molecule has 0 aliphatic rings. The van der Waals surface area contributed by atoms with Crippen LogP contribution in [0.4, 0.5) is 11.5 Å². The molecule has 1 amide bonds. The summed E-state index contributed by atoms with van der Waals surface area (Å²) in [6, 6.07) is 13.7. The van der Waals surface area contributed by atoms with Crippen molar-refractivity contribution in [3.63, 3.8) is 0 Å². The molecule has 0 saturated heterocycles. The van der Waals surface area contributed by atoms with Gasteiger partial charge in [0.25, 0.3) is 5.91 Å². The number of nitrogen functional groups attached to an aromatic ring is 1. The average Bonchev–Trinajstić information content (AvgIpc) is 3.23. The first-order valence-corrected chi connectivity index (χ1v) is 11.2. The highest BCUT2D eigenvalue weighted by atomic mass is 35.5. The van der Waals surface area contributed by atoms with Crippen molar-refractivity contribution in [3.8, 4) is 0 Å². The minimum atomic E-state index is -0.235. The second-order valence-electron chi connectivity index (χ2n) is 7.45. The average molecular weight is 460 g/mol. The van der Waals surface area contributed by atoms with Crippen molar-refractivity contribution in [1.29, 1.82) is 0 Å². The van der Waals surface area contributed by atoms with Gasteiger partial charge in [-0.15, -0.1) is 11.3 Å². The number of aryl methyl sites for hydroxylation is 1. The summed E-state index contributed by atoms with van der Waals surface area (Å²) >= 11 is 7.38. The predicted molar refractivity (Wildman–Crippen MR) is 131 cm³/mol. The van der Waals surface area contributed by atoms with Crippen molar-refractivity contribution in [1.82, 2.24) is 15.0 Å². The fourth-order valence-electron chi connectivity index (χ4n) is 3.74. The summed E-state index contributed by atoms with van der Waals surface area (Å²) in [5.41, 5.74) is 10.7. The minimum Gasteiger partial charge on any atom is -0.382 e. The van der Waals surface area contributed by atoms with Gasteiger partial charge in [0.05, 0.1) is 27.2 Å². The van der Waals surface area contributed by atoms with Gasteiger partial charge in [0.15, 0.2) is 0 Å². The Balaban J connectivity index is 1.53. The van der Waals surface area contributed by atoms with E-state index in [1.807, 2.05) is 49.4 Å². The molecule has 0 unspecified atom stereocenters. The van der Waals surface area contributed by atoms with Crippen molar-refractivity contribution in [2.45, 2.75) is 13.3 Å². The Kier molecular flexibility index (Phi) is 5.20. The molecule has 0 aliphatic heterocycles. The molecule has 6 nitrogen and oxygen atoms in total. The number of aromatic nitrogens is 3. The molecule has 0 saturated carbocycles. The van der Waals surface area contributed by atoms with Gasteiger partial charge < -0.3 is 11.1 Å². The Morgan fingerprint density at radius 2 is 1.88 bits per heavy atom. The van der Waals surface area contributed by atoms with Crippen molar-refractivity contribution in [3.05, 3.63) is 87.8 Å². The number of fused-ring (bicyclic) bond motifs is 2. The van der Waals surface area contributed by atoms with Crippen molar-refractivity contribution >= 4 is 61.3 Å². The van der Waals surface area contributed by atoms with E-state index in [4.69, 9.17) is 17.3 Å². The third kappa shape index (κ3) is 3.66. The smallest absolute Gasteiger partial charge is 0.258 e. The van der Waals surface area contributed by atoms with Gasteiger partial charge in [-0.3, -0.25) is 9.78 Å². The van der Waals surface area contributed by atoms with Gasteiger partial charge in [0.2, 0.25) is 0 Å². The summed E-state index contributed by atoms with van der Waals surface area (Å²) < 4.78 is 0.710. The quantitative estimate of drug-likeness (QED) is 0.363. The maximum atomic E-state index is 13.2. The van der Waals surface area contributed by atoms with E-state index in [0.29, 0.717) is 33.0 Å². The zero-order valence-corrected chi connectivity index (χ0v) is 18.7. The largest absolute Gasteiger partial charge is 0.382 e. The van der Waals surface area contributed by atoms with Gasteiger partial charge in [0, 0.05) is 33.8 Å². The van der Waals surface area contributed by atoms with Crippen LogP contribution in [0.3, 0.4) is 0 Å². The number of halogens is 1. The molecule has 5 aromatic rings. The Morgan fingerprint density at radius 3 is 2.69 bits per heavy atom. The number of hydrogen-bond donors (Lipinski definition) is 2. The predicted octanol–water partition coefficient (Wildman–Crippen LogP) is 5.63. The van der Waals surface area contributed by atoms with Gasteiger partial charge in [0.1, 0.15) is 12.1 Å². The van der Waals surface area contributed by atoms with E-state index >= 15 is 0 Å². The molecule has 2 aromatic carbocycles. The van der Waals surface area contributed by atoms with Crippen LogP contribution in [-0.2, 0) is 6.42 Å². The number of carbonyl (C=O) groups excluding carboxylic acids is 1. The van der Waals surface area contributed by atoms with Gasteiger partial charge in [-0.1, -0.05) is 35.9 Å². The Morgan fingerprint density at radius 1 is 1.06 bits per heavy atom. The number of nitrogens with two attached hydrogens (primary N) is 1. The first kappa shape index (κ1) is 20.4. The summed E-state index contributed by atoms with van der Waals surface area (Å²) in [6.07, 6.45) is 3.81. The topological polar surface area (TPSA) is 93.8 Å². The van der Waals surface area contributed by atoms with Gasteiger partial charge >= 0.3 is 0 Å². The van der Waals surface area contributed by atoms with Crippen LogP contribution < -0.4 is 11.1 Å². The molecule has 32 heavy (non-hydrogen) atoms. The van der Waals surface area contributed by atoms with E-state index < -0.39 is 0 Å². The summed E-state index contributed by atoms with van der Waals surface area (Å²) in [5, 5.41) is 7.48. The molecule has 158 valence electrons. The zero-order valence-electron chi connectivity index (χ0n) is 17.1. The molecule has 0 aliphatic carbocycles. The van der Waals surface area contributed by atoms with Gasteiger partial charge in [-0.25, -0.2) is 9.97 Å². The normalized spacial score (nSPS) is 11.2. The molecule has 0 atom stereocenters. The number of hydrogen-bond acceptors (Lipinski definition) is 6. The van der Waals surface area contributed by atoms with Crippen LogP contribution in [0.2, 0.25) is 5.02 Å². The van der Waals surface area contributed by atoms with Crippen LogP contribution in [0.5, 0.6) is 0 Å². The first-order valence-electron chi connectivity index (χ1n) is 9.92. The van der Waals surface area contributed by atoms with Crippen LogP contribution in [0, 0.1) is 6.92 Å². The molecular weight excluding hydrogens is 442 g/mol. The van der Waals surface area contributed by atoms with Crippen molar-refractivity contribution in [2.24, 2.45) is 0 Å². The van der Waals surface area contributed by atoms with Crippen LogP contribution in [0.15, 0.2) is 60.4 Å². The lowest BCUT2D eigenvalue weighted by Gasteiger charge is -2.14. The van der Waals surface area contributed by atoms with E-state index in [0.717, 1.165) is 33.3 Å². The number of amides is 1. The molecule has 8 heteroatoms. The molecule has 0 fully saturated rings. The Bertz CT molecular complexity index is 1480. The Labute approximate surface area is 193 Å². The highest BCUT2D eigenvalue weighted by Gasteiger charge is 2.18. The van der Waals surface area contributed by atoms with E-state index in [-0.39, 0.29) is 5.91 Å². The van der Waals surface area contributed by atoms with E-state index in [9.17, 15) is 4.79 Å². The fraction of sp³-hybridized carbons (Fsp3) is 0.0833. The number of nitrogens with zero attached hydrogens (tertiary/aromatic N) is 3. The third-order valence-electron chi connectivity index (χ3n) is 5.39. The number of carbonyl (C=O) groups is 1. The number of anilines is 2. The first-order chi connectivity index (χ1) is 15.5. The maximum Gasteiger partial charge on any atom is 0.258 e. The highest BCUT2D eigenvalue weighted by Crippen LogP contribution is 2.32. The number of nitrogens with one attached hydrogen (secondary N) is 1. The van der Waals surface area contributed by atoms with Crippen LogP contribution in [0.1, 0.15) is 27.2 Å². The SMILES string of the molecule is Cc1ccc2c(Cc3ccc(Cl)cc3)nccc2c1NC(=O)c1csc2c(N)ncnc12. The molecule has 0 radical (unpaired) electrons. The third-order valence-corrected chi connectivity index (χ3v) is 6.63. The number of pyridine rings is 1. The van der Waals surface area contributed by atoms with Crippen LogP contribution in [-0.4, -0.2) is 20.9 Å². The highest BCUT2D eigenvalue weighted by molar-refractivity contribution is 7.18. The molecule has 5 rings (SSSR count). The standard InChI is InChI=1S/C24H18ClN5OS/c1-13-2-7-16-17(8-9-27-19(16)10-14-3-5-15(25)6-4-14)20(13)30-24(31)18-11-32-22-21(18)28-12-29-23(22)26/h2-9,11-12H,10H2,1H3,(H,30,31)(H2,26,28,29). The molecule has 0 spiro atoms. The zero-order chi connectivity index (χ0) is 22.2. The second kappa shape index (κ2) is 8.18. The van der Waals surface area contributed by atoms with Gasteiger partial charge in [-0.2, -0.15) is 0 Å². The van der Waals surface area contributed by atoms with E-state index in [1.165, 1.54) is 17.7 Å².